The summed E-state index contributed by atoms with van der Waals surface area (Å²) in [4.78, 5) is 13.3. The number of thiol groups is 1. The molecule has 0 N–H and O–H groups in total. The average Bonchev–Trinajstić information content (AvgIpc) is 2.07. The Morgan fingerprint density at radius 1 is 1.50 bits per heavy atom. The molecule has 1 aromatic carbocycles. The van der Waals surface area contributed by atoms with Gasteiger partial charge in [0.05, 0.1) is 5.69 Å². The van der Waals surface area contributed by atoms with Gasteiger partial charge in [0, 0.05) is 10.5 Å². The van der Waals surface area contributed by atoms with E-state index in [-0.39, 0.29) is 10.6 Å². The number of alkyl halides is 3. The first-order valence-electron chi connectivity index (χ1n) is 3.43. The van der Waals surface area contributed by atoms with Gasteiger partial charge in [-0.15, -0.1) is 12.6 Å². The summed E-state index contributed by atoms with van der Waals surface area (Å²) >= 11 is 8.65. The summed E-state index contributed by atoms with van der Waals surface area (Å²) in [5.74, 6) is 0. The van der Waals surface area contributed by atoms with Crippen LogP contribution in [-0.4, -0.2) is 6.08 Å². The molecule has 0 amide bonds. The first-order valence-corrected chi connectivity index (χ1v) is 4.26. The zero-order chi connectivity index (χ0) is 10.8. The standard InChI is InChI=1S/C8H4ClF2NOS/c9-8(10,11)5-1-2-6(12-4-13)7(14)3-5/h1-3,14H. The SMILES string of the molecule is O=C=Nc1ccc(C(F)(F)Cl)cc1S. The maximum atomic E-state index is 12.6. The van der Waals surface area contributed by atoms with E-state index in [1.165, 1.54) is 12.1 Å². The number of hydrogen-bond acceptors (Lipinski definition) is 3. The Bertz CT molecular complexity index is 399. The molecular formula is C8H4ClF2NOS. The van der Waals surface area contributed by atoms with Gasteiger partial charge < -0.3 is 0 Å². The number of benzene rings is 1. The van der Waals surface area contributed by atoms with Crippen molar-refractivity contribution in [1.29, 1.82) is 0 Å². The second-order valence-electron chi connectivity index (χ2n) is 2.40. The summed E-state index contributed by atoms with van der Waals surface area (Å²) in [6.45, 7) is 0. The molecule has 0 aliphatic rings. The van der Waals surface area contributed by atoms with Gasteiger partial charge in [-0.2, -0.15) is 13.8 Å². The first-order chi connectivity index (χ1) is 6.45. The van der Waals surface area contributed by atoms with Gasteiger partial charge in [-0.1, -0.05) is 0 Å². The Kier molecular flexibility index (Phi) is 3.26. The number of halogens is 3. The van der Waals surface area contributed by atoms with Crippen molar-refractivity contribution in [2.24, 2.45) is 4.99 Å². The Hall–Kier alpha value is -0.900. The van der Waals surface area contributed by atoms with Crippen LogP contribution in [-0.2, 0) is 10.2 Å². The highest BCUT2D eigenvalue weighted by atomic mass is 35.5. The fourth-order valence-electron chi connectivity index (χ4n) is 0.843. The molecule has 0 unspecified atom stereocenters. The molecule has 0 atom stereocenters. The van der Waals surface area contributed by atoms with Gasteiger partial charge in [0.25, 0.3) is 0 Å². The first kappa shape index (κ1) is 11.2. The normalized spacial score (nSPS) is 10.9. The van der Waals surface area contributed by atoms with E-state index in [0.717, 1.165) is 12.1 Å². The molecule has 0 fully saturated rings. The molecule has 0 radical (unpaired) electrons. The van der Waals surface area contributed by atoms with E-state index in [9.17, 15) is 13.6 Å². The van der Waals surface area contributed by atoms with Crippen molar-refractivity contribution in [3.63, 3.8) is 0 Å². The largest absolute Gasteiger partial charge is 0.348 e. The maximum absolute atomic E-state index is 12.6. The molecule has 0 spiro atoms. The zero-order valence-electron chi connectivity index (χ0n) is 6.67. The highest BCUT2D eigenvalue weighted by Crippen LogP contribution is 2.35. The van der Waals surface area contributed by atoms with Crippen LogP contribution >= 0.6 is 24.2 Å². The van der Waals surface area contributed by atoms with Crippen LogP contribution in [0.5, 0.6) is 0 Å². The van der Waals surface area contributed by atoms with Gasteiger partial charge in [0.15, 0.2) is 0 Å². The third kappa shape index (κ3) is 2.54. The summed E-state index contributed by atoms with van der Waals surface area (Å²) in [6.07, 6.45) is 1.29. The molecule has 1 rings (SSSR count). The Balaban J connectivity index is 3.19. The molecule has 0 aromatic heterocycles. The van der Waals surface area contributed by atoms with Gasteiger partial charge in [0.1, 0.15) is 0 Å². The summed E-state index contributed by atoms with van der Waals surface area (Å²) in [5, 5.41) is -3.44. The van der Waals surface area contributed by atoms with E-state index in [4.69, 9.17) is 11.6 Å². The van der Waals surface area contributed by atoms with E-state index in [1.54, 1.807) is 0 Å². The third-order valence-electron chi connectivity index (χ3n) is 1.47. The zero-order valence-corrected chi connectivity index (χ0v) is 8.32. The molecule has 74 valence electrons. The van der Waals surface area contributed by atoms with Crippen molar-refractivity contribution in [3.05, 3.63) is 23.8 Å². The minimum Gasteiger partial charge on any atom is -0.211 e. The van der Waals surface area contributed by atoms with Gasteiger partial charge in [0.2, 0.25) is 6.08 Å². The summed E-state index contributed by atoms with van der Waals surface area (Å²) in [5.41, 5.74) is -0.220. The van der Waals surface area contributed by atoms with Crippen molar-refractivity contribution in [2.75, 3.05) is 0 Å². The van der Waals surface area contributed by atoms with Crippen LogP contribution in [0.1, 0.15) is 5.56 Å². The maximum Gasteiger partial charge on any atom is 0.348 e. The lowest BCUT2D eigenvalue weighted by molar-refractivity contribution is 0.0949. The molecule has 0 heterocycles. The van der Waals surface area contributed by atoms with E-state index in [2.05, 4.69) is 17.6 Å². The minimum atomic E-state index is -3.44. The van der Waals surface area contributed by atoms with E-state index < -0.39 is 10.9 Å². The number of nitrogens with zero attached hydrogens (tertiary/aromatic N) is 1. The smallest absolute Gasteiger partial charge is 0.211 e. The molecule has 0 aliphatic carbocycles. The van der Waals surface area contributed by atoms with E-state index >= 15 is 0 Å². The highest BCUT2D eigenvalue weighted by Gasteiger charge is 2.28. The topological polar surface area (TPSA) is 29.4 Å². The molecule has 0 saturated carbocycles. The van der Waals surface area contributed by atoms with E-state index in [1.807, 2.05) is 0 Å². The second-order valence-corrected chi connectivity index (χ2v) is 3.36. The number of aliphatic imine (C=N–C) groups is 1. The molecule has 1 aromatic rings. The number of carbonyl (C=O) groups excluding carboxylic acids is 1. The third-order valence-corrected chi connectivity index (χ3v) is 2.05. The molecular weight excluding hydrogens is 232 g/mol. The fourth-order valence-corrected chi connectivity index (χ4v) is 1.22. The van der Waals surface area contributed by atoms with Crippen LogP contribution in [0, 0.1) is 0 Å². The second kappa shape index (κ2) is 4.09. The van der Waals surface area contributed by atoms with Crippen LogP contribution in [0.4, 0.5) is 14.5 Å². The van der Waals surface area contributed by atoms with Crippen LogP contribution in [0.3, 0.4) is 0 Å². The summed E-state index contributed by atoms with van der Waals surface area (Å²) in [7, 11) is 0. The van der Waals surface area contributed by atoms with Gasteiger partial charge in [-0.25, -0.2) is 4.79 Å². The predicted octanol–water partition coefficient (Wildman–Crippen LogP) is 3.23. The number of rotatable bonds is 2. The van der Waals surface area contributed by atoms with Crippen molar-refractivity contribution in [2.45, 2.75) is 10.3 Å². The van der Waals surface area contributed by atoms with Crippen molar-refractivity contribution in [3.8, 4) is 0 Å². The lowest BCUT2D eigenvalue weighted by Gasteiger charge is -2.08. The molecule has 6 heteroatoms. The van der Waals surface area contributed by atoms with Crippen LogP contribution in [0.25, 0.3) is 0 Å². The molecule has 2 nitrogen and oxygen atoms in total. The van der Waals surface area contributed by atoms with Crippen LogP contribution in [0.2, 0.25) is 0 Å². The Labute approximate surface area is 89.0 Å². The van der Waals surface area contributed by atoms with Gasteiger partial charge >= 0.3 is 5.38 Å². The van der Waals surface area contributed by atoms with Gasteiger partial charge in [-0.05, 0) is 29.8 Å². The number of hydrogen-bond donors (Lipinski definition) is 1. The van der Waals surface area contributed by atoms with Crippen LogP contribution in [0.15, 0.2) is 28.1 Å². The Morgan fingerprint density at radius 3 is 2.57 bits per heavy atom. The van der Waals surface area contributed by atoms with E-state index in [0.29, 0.717) is 0 Å². The summed E-state index contributed by atoms with van der Waals surface area (Å²) in [6, 6.07) is 3.34. The van der Waals surface area contributed by atoms with Crippen molar-refractivity contribution >= 4 is 36.0 Å². The predicted molar refractivity (Wildman–Crippen MR) is 51.2 cm³/mol. The van der Waals surface area contributed by atoms with Crippen LogP contribution < -0.4 is 0 Å². The lowest BCUT2D eigenvalue weighted by Crippen LogP contribution is -2.02. The van der Waals surface area contributed by atoms with Crippen molar-refractivity contribution in [1.82, 2.24) is 0 Å². The fraction of sp³-hybridized carbons (Fsp3) is 0.125. The molecule has 0 bridgehead atoms. The molecule has 0 saturated heterocycles. The van der Waals surface area contributed by atoms with Crippen molar-refractivity contribution < 1.29 is 13.6 Å². The minimum absolute atomic E-state index is 0.145. The number of isocyanates is 1. The quantitative estimate of drug-likeness (QED) is 0.363. The average molecular weight is 236 g/mol. The van der Waals surface area contributed by atoms with Gasteiger partial charge in [-0.3, -0.25) is 0 Å². The lowest BCUT2D eigenvalue weighted by atomic mass is 10.2. The molecule has 0 aliphatic heterocycles. The monoisotopic (exact) mass is 235 g/mol. The molecule has 14 heavy (non-hydrogen) atoms. The summed E-state index contributed by atoms with van der Waals surface area (Å²) < 4.78 is 25.2. The highest BCUT2D eigenvalue weighted by molar-refractivity contribution is 7.80. The Morgan fingerprint density at radius 2 is 2.14 bits per heavy atom.